The molecule has 4 heteroatoms. The molecule has 1 saturated heterocycles. The summed E-state index contributed by atoms with van der Waals surface area (Å²) in [5.41, 5.74) is 3.29. The Kier molecular flexibility index (Phi) is 4.69. The van der Waals surface area contributed by atoms with E-state index in [1.165, 1.54) is 5.56 Å². The molecule has 1 aromatic rings. The highest BCUT2D eigenvalue weighted by Gasteiger charge is 2.43. The van der Waals surface area contributed by atoms with Crippen LogP contribution in [0.25, 0.3) is 0 Å². The lowest BCUT2D eigenvalue weighted by Gasteiger charge is -2.39. The van der Waals surface area contributed by atoms with Gasteiger partial charge in [-0.25, -0.2) is 4.79 Å². The molecule has 0 amide bonds. The van der Waals surface area contributed by atoms with Gasteiger partial charge in [0.1, 0.15) is 5.54 Å². The third-order valence-corrected chi connectivity index (χ3v) is 4.55. The van der Waals surface area contributed by atoms with E-state index in [1.54, 1.807) is 0 Å². The molecule has 1 aromatic carbocycles. The number of nitrogens with zero attached hydrogens (tertiary/aromatic N) is 1. The maximum absolute atomic E-state index is 12.2. The minimum Gasteiger partial charge on any atom is -0.480 e. The number of carboxylic acids is 1. The van der Waals surface area contributed by atoms with Gasteiger partial charge >= 0.3 is 5.97 Å². The topological polar surface area (TPSA) is 52.6 Å². The molecule has 0 bridgehead atoms. The SMILES string of the molecule is Cc1cc(C)c(C(C)(C(=O)O)N2CCCNCC2)c(C)c1. The number of hydrogen-bond donors (Lipinski definition) is 2. The molecule has 4 nitrogen and oxygen atoms in total. The Balaban J connectivity index is 2.54. The molecule has 0 spiro atoms. The van der Waals surface area contributed by atoms with Crippen LogP contribution in [0.5, 0.6) is 0 Å². The van der Waals surface area contributed by atoms with Crippen LogP contribution in [0.3, 0.4) is 0 Å². The van der Waals surface area contributed by atoms with E-state index in [-0.39, 0.29) is 0 Å². The molecule has 1 aliphatic heterocycles. The highest BCUT2D eigenvalue weighted by atomic mass is 16.4. The standard InChI is InChI=1S/C17H26N2O2/c1-12-10-13(2)15(14(3)11-12)17(4,16(20)21)19-8-5-6-18-7-9-19/h10-11,18H,5-9H2,1-4H3,(H,20,21). The Bertz CT molecular complexity index is 511. The highest BCUT2D eigenvalue weighted by molar-refractivity contribution is 5.81. The third kappa shape index (κ3) is 2.97. The van der Waals surface area contributed by atoms with Crippen LogP contribution in [0, 0.1) is 20.8 Å². The summed E-state index contributed by atoms with van der Waals surface area (Å²) in [7, 11) is 0. The van der Waals surface area contributed by atoms with E-state index in [1.807, 2.05) is 20.8 Å². The second-order valence-corrected chi connectivity index (χ2v) is 6.24. The van der Waals surface area contributed by atoms with Crippen molar-refractivity contribution >= 4 is 5.97 Å². The van der Waals surface area contributed by atoms with E-state index < -0.39 is 11.5 Å². The van der Waals surface area contributed by atoms with Gasteiger partial charge in [0.05, 0.1) is 0 Å². The van der Waals surface area contributed by atoms with Crippen molar-refractivity contribution in [3.63, 3.8) is 0 Å². The predicted molar refractivity (Wildman–Crippen MR) is 84.7 cm³/mol. The fourth-order valence-electron chi connectivity index (χ4n) is 3.64. The molecule has 116 valence electrons. The summed E-state index contributed by atoms with van der Waals surface area (Å²) in [5, 5.41) is 13.3. The molecule has 2 N–H and O–H groups in total. The number of carbonyl (C=O) groups is 1. The highest BCUT2D eigenvalue weighted by Crippen LogP contribution is 2.34. The monoisotopic (exact) mass is 290 g/mol. The van der Waals surface area contributed by atoms with E-state index >= 15 is 0 Å². The number of nitrogens with one attached hydrogen (secondary N) is 1. The normalized spacial score (nSPS) is 19.8. The minimum atomic E-state index is -0.964. The van der Waals surface area contributed by atoms with Gasteiger partial charge in [-0.2, -0.15) is 0 Å². The van der Waals surface area contributed by atoms with Gasteiger partial charge in [0.25, 0.3) is 0 Å². The molecule has 1 aliphatic rings. The molecule has 0 aliphatic carbocycles. The van der Waals surface area contributed by atoms with Crippen molar-refractivity contribution in [3.8, 4) is 0 Å². The van der Waals surface area contributed by atoms with Crippen LogP contribution in [0.15, 0.2) is 12.1 Å². The first-order valence-corrected chi connectivity index (χ1v) is 7.65. The van der Waals surface area contributed by atoms with Gasteiger partial charge in [0.2, 0.25) is 0 Å². The van der Waals surface area contributed by atoms with Crippen molar-refractivity contribution in [1.82, 2.24) is 10.2 Å². The van der Waals surface area contributed by atoms with Crippen LogP contribution in [0.4, 0.5) is 0 Å². The van der Waals surface area contributed by atoms with E-state index in [0.29, 0.717) is 0 Å². The zero-order chi connectivity index (χ0) is 15.6. The zero-order valence-electron chi connectivity index (χ0n) is 13.5. The summed E-state index contributed by atoms with van der Waals surface area (Å²) in [6.45, 7) is 11.3. The van der Waals surface area contributed by atoms with Gasteiger partial charge in [-0.3, -0.25) is 4.90 Å². The third-order valence-electron chi connectivity index (χ3n) is 4.55. The summed E-state index contributed by atoms with van der Waals surface area (Å²) < 4.78 is 0. The molecule has 1 heterocycles. The Labute approximate surface area is 127 Å². The Morgan fingerprint density at radius 1 is 1.19 bits per heavy atom. The summed E-state index contributed by atoms with van der Waals surface area (Å²) in [5.74, 6) is -0.764. The fourth-order valence-corrected chi connectivity index (χ4v) is 3.64. The molecule has 2 rings (SSSR count). The molecule has 1 atom stereocenters. The number of rotatable bonds is 3. The summed E-state index contributed by atoms with van der Waals surface area (Å²) in [6, 6.07) is 4.17. The minimum absolute atomic E-state index is 0.759. The first-order chi connectivity index (χ1) is 9.87. The Hall–Kier alpha value is -1.39. The van der Waals surface area contributed by atoms with E-state index in [9.17, 15) is 9.90 Å². The first kappa shape index (κ1) is 16.0. The Morgan fingerprint density at radius 3 is 2.38 bits per heavy atom. The zero-order valence-corrected chi connectivity index (χ0v) is 13.5. The van der Waals surface area contributed by atoms with Gasteiger partial charge in [0, 0.05) is 19.6 Å². The molecule has 1 fully saturated rings. The van der Waals surface area contributed by atoms with Crippen LogP contribution in [-0.4, -0.2) is 42.2 Å². The Morgan fingerprint density at radius 2 is 1.81 bits per heavy atom. The van der Waals surface area contributed by atoms with Gasteiger partial charge in [0.15, 0.2) is 0 Å². The second kappa shape index (κ2) is 6.16. The quantitative estimate of drug-likeness (QED) is 0.896. The largest absolute Gasteiger partial charge is 0.480 e. The molecule has 0 radical (unpaired) electrons. The average molecular weight is 290 g/mol. The number of aliphatic carboxylic acids is 1. The average Bonchev–Trinajstić information content (AvgIpc) is 2.65. The predicted octanol–water partition coefficient (Wildman–Crippen LogP) is 2.21. The van der Waals surface area contributed by atoms with E-state index in [4.69, 9.17) is 0 Å². The summed E-state index contributed by atoms with van der Waals surface area (Å²) >= 11 is 0. The molecule has 21 heavy (non-hydrogen) atoms. The second-order valence-electron chi connectivity index (χ2n) is 6.24. The summed E-state index contributed by atoms with van der Waals surface area (Å²) in [4.78, 5) is 14.3. The van der Waals surface area contributed by atoms with Crippen LogP contribution in [0.2, 0.25) is 0 Å². The smallest absolute Gasteiger partial charge is 0.328 e. The summed E-state index contributed by atoms with van der Waals surface area (Å²) in [6.07, 6.45) is 0.979. The fraction of sp³-hybridized carbons (Fsp3) is 0.588. The van der Waals surface area contributed by atoms with Crippen molar-refractivity contribution in [2.24, 2.45) is 0 Å². The van der Waals surface area contributed by atoms with Crippen molar-refractivity contribution in [1.29, 1.82) is 0 Å². The van der Waals surface area contributed by atoms with Gasteiger partial charge < -0.3 is 10.4 Å². The molecule has 0 aromatic heterocycles. The maximum atomic E-state index is 12.2. The lowest BCUT2D eigenvalue weighted by molar-refractivity contribution is -0.151. The van der Waals surface area contributed by atoms with Gasteiger partial charge in [-0.15, -0.1) is 0 Å². The lowest BCUT2D eigenvalue weighted by atomic mass is 9.82. The number of carboxylic acid groups (broad SMARTS) is 1. The van der Waals surface area contributed by atoms with Crippen LogP contribution in [-0.2, 0) is 10.3 Å². The molecule has 0 saturated carbocycles. The van der Waals surface area contributed by atoms with Crippen molar-refractivity contribution in [3.05, 3.63) is 34.4 Å². The lowest BCUT2D eigenvalue weighted by Crippen LogP contribution is -2.52. The molecular weight excluding hydrogens is 264 g/mol. The number of hydrogen-bond acceptors (Lipinski definition) is 3. The van der Waals surface area contributed by atoms with E-state index in [2.05, 4.69) is 29.3 Å². The van der Waals surface area contributed by atoms with Crippen LogP contribution < -0.4 is 5.32 Å². The maximum Gasteiger partial charge on any atom is 0.328 e. The van der Waals surface area contributed by atoms with Crippen molar-refractivity contribution in [2.45, 2.75) is 39.7 Å². The van der Waals surface area contributed by atoms with Crippen molar-refractivity contribution in [2.75, 3.05) is 26.2 Å². The molecular formula is C17H26N2O2. The van der Waals surface area contributed by atoms with Gasteiger partial charge in [-0.1, -0.05) is 17.7 Å². The van der Waals surface area contributed by atoms with Crippen LogP contribution in [0.1, 0.15) is 35.6 Å². The molecule has 1 unspecified atom stereocenters. The number of aryl methyl sites for hydroxylation is 3. The van der Waals surface area contributed by atoms with E-state index in [0.717, 1.165) is 49.3 Å². The number of benzene rings is 1. The van der Waals surface area contributed by atoms with Crippen LogP contribution >= 0.6 is 0 Å². The first-order valence-electron chi connectivity index (χ1n) is 7.65. The van der Waals surface area contributed by atoms with Crippen molar-refractivity contribution < 1.29 is 9.90 Å². The van der Waals surface area contributed by atoms with Gasteiger partial charge in [-0.05, 0) is 57.4 Å².